The number of halogens is 1. The van der Waals surface area contributed by atoms with Crippen molar-refractivity contribution in [3.05, 3.63) is 81.0 Å². The van der Waals surface area contributed by atoms with Gasteiger partial charge in [0.05, 0.1) is 17.2 Å². The van der Waals surface area contributed by atoms with E-state index in [2.05, 4.69) is 15.8 Å². The second-order valence-electron chi connectivity index (χ2n) is 7.10. The van der Waals surface area contributed by atoms with Crippen LogP contribution in [0, 0.1) is 6.92 Å². The highest BCUT2D eigenvalue weighted by Crippen LogP contribution is 2.22. The van der Waals surface area contributed by atoms with Crippen LogP contribution >= 0.6 is 22.9 Å². The summed E-state index contributed by atoms with van der Waals surface area (Å²) < 4.78 is 5.70. The van der Waals surface area contributed by atoms with Gasteiger partial charge >= 0.3 is 0 Å². The zero-order valence-electron chi connectivity index (χ0n) is 17.9. The summed E-state index contributed by atoms with van der Waals surface area (Å²) in [7, 11) is 0. The van der Waals surface area contributed by atoms with Crippen molar-refractivity contribution in [1.82, 2.24) is 5.43 Å². The molecule has 0 fully saturated rings. The van der Waals surface area contributed by atoms with E-state index in [4.69, 9.17) is 16.3 Å². The number of nitrogens with zero attached hydrogens (tertiary/aromatic N) is 1. The van der Waals surface area contributed by atoms with Gasteiger partial charge in [0.2, 0.25) is 5.91 Å². The monoisotopic (exact) mass is 469 g/mol. The van der Waals surface area contributed by atoms with Crippen LogP contribution in [0.25, 0.3) is 0 Å². The minimum absolute atomic E-state index is 0.138. The first-order chi connectivity index (χ1) is 15.4. The van der Waals surface area contributed by atoms with Crippen molar-refractivity contribution in [2.75, 3.05) is 11.9 Å². The molecule has 1 aromatic heterocycles. The summed E-state index contributed by atoms with van der Waals surface area (Å²) in [6.07, 6.45) is 0.873. The first-order valence-corrected chi connectivity index (χ1v) is 11.4. The fourth-order valence-corrected chi connectivity index (χ4v) is 3.70. The lowest BCUT2D eigenvalue weighted by Gasteiger charge is -2.09. The van der Waals surface area contributed by atoms with Gasteiger partial charge < -0.3 is 10.1 Å². The van der Waals surface area contributed by atoms with Crippen molar-refractivity contribution in [1.29, 1.82) is 0 Å². The standard InChI is InChI=1S/C24H24ClN3O3S/c1-16-15-19(25)9-12-21(16)31-13-3-6-23(29)28-27-17(2)18-7-10-20(11-8-18)26-24(30)22-5-4-14-32-22/h4-5,7-12,14-15H,3,6,13H2,1-2H3,(H,26,30)(H,28,29)/b27-17+. The molecule has 0 bridgehead atoms. The summed E-state index contributed by atoms with van der Waals surface area (Å²) in [6, 6.07) is 16.3. The molecule has 0 atom stereocenters. The summed E-state index contributed by atoms with van der Waals surface area (Å²) in [4.78, 5) is 24.8. The van der Waals surface area contributed by atoms with Crippen molar-refractivity contribution >= 4 is 46.2 Å². The molecule has 3 aromatic rings. The third-order valence-corrected chi connectivity index (χ3v) is 5.70. The topological polar surface area (TPSA) is 79.8 Å². The molecule has 1 heterocycles. The van der Waals surface area contributed by atoms with Crippen LogP contribution in [0.5, 0.6) is 5.75 Å². The number of carbonyl (C=O) groups is 2. The minimum Gasteiger partial charge on any atom is -0.493 e. The van der Waals surface area contributed by atoms with E-state index in [-0.39, 0.29) is 11.8 Å². The molecule has 0 saturated carbocycles. The van der Waals surface area contributed by atoms with E-state index in [0.717, 1.165) is 16.9 Å². The fourth-order valence-electron chi connectivity index (χ4n) is 2.85. The molecule has 0 spiro atoms. The highest BCUT2D eigenvalue weighted by Gasteiger charge is 2.07. The Hall–Kier alpha value is -3.16. The SMILES string of the molecule is C/C(=N\NC(=O)CCCOc1ccc(Cl)cc1C)c1ccc(NC(=O)c2cccs2)cc1. The molecule has 8 heteroatoms. The molecule has 2 amide bonds. The van der Waals surface area contributed by atoms with Gasteiger partial charge in [-0.05, 0) is 73.2 Å². The van der Waals surface area contributed by atoms with Gasteiger partial charge in [-0.1, -0.05) is 29.8 Å². The Morgan fingerprint density at radius 3 is 2.59 bits per heavy atom. The number of anilines is 1. The summed E-state index contributed by atoms with van der Waals surface area (Å²) >= 11 is 7.32. The van der Waals surface area contributed by atoms with E-state index in [9.17, 15) is 9.59 Å². The van der Waals surface area contributed by atoms with Crippen LogP contribution in [-0.4, -0.2) is 24.1 Å². The van der Waals surface area contributed by atoms with Crippen LogP contribution in [0.1, 0.15) is 40.6 Å². The zero-order chi connectivity index (χ0) is 22.9. The van der Waals surface area contributed by atoms with Gasteiger partial charge in [-0.3, -0.25) is 9.59 Å². The van der Waals surface area contributed by atoms with Gasteiger partial charge in [-0.2, -0.15) is 5.10 Å². The molecule has 0 aliphatic heterocycles. The maximum Gasteiger partial charge on any atom is 0.265 e. The summed E-state index contributed by atoms with van der Waals surface area (Å²) in [5, 5.41) is 9.54. The van der Waals surface area contributed by atoms with E-state index in [1.165, 1.54) is 11.3 Å². The van der Waals surface area contributed by atoms with Gasteiger partial charge in [-0.25, -0.2) is 5.43 Å². The van der Waals surface area contributed by atoms with Crippen molar-refractivity contribution in [2.24, 2.45) is 5.10 Å². The van der Waals surface area contributed by atoms with Gasteiger partial charge in [-0.15, -0.1) is 11.3 Å². The molecule has 0 saturated heterocycles. The van der Waals surface area contributed by atoms with Gasteiger partial charge in [0, 0.05) is 17.1 Å². The molecule has 32 heavy (non-hydrogen) atoms. The number of nitrogens with one attached hydrogen (secondary N) is 2. The number of benzene rings is 2. The predicted molar refractivity (Wildman–Crippen MR) is 130 cm³/mol. The lowest BCUT2D eigenvalue weighted by Crippen LogP contribution is -2.19. The number of hydrogen-bond donors (Lipinski definition) is 2. The summed E-state index contributed by atoms with van der Waals surface area (Å²) in [6.45, 7) is 4.17. The number of thiophene rings is 1. The number of rotatable bonds is 9. The zero-order valence-corrected chi connectivity index (χ0v) is 19.4. The van der Waals surface area contributed by atoms with E-state index >= 15 is 0 Å². The predicted octanol–water partition coefficient (Wildman–Crippen LogP) is 5.66. The van der Waals surface area contributed by atoms with Crippen molar-refractivity contribution in [2.45, 2.75) is 26.7 Å². The Morgan fingerprint density at radius 1 is 1.12 bits per heavy atom. The highest BCUT2D eigenvalue weighted by molar-refractivity contribution is 7.12. The normalized spacial score (nSPS) is 11.2. The van der Waals surface area contributed by atoms with Crippen molar-refractivity contribution in [3.63, 3.8) is 0 Å². The van der Waals surface area contributed by atoms with Crippen LogP contribution in [0.3, 0.4) is 0 Å². The van der Waals surface area contributed by atoms with E-state index in [1.54, 1.807) is 24.3 Å². The first kappa shape index (κ1) is 23.5. The van der Waals surface area contributed by atoms with E-state index < -0.39 is 0 Å². The van der Waals surface area contributed by atoms with Gasteiger partial charge in [0.1, 0.15) is 5.75 Å². The minimum atomic E-state index is -0.180. The van der Waals surface area contributed by atoms with Crippen LogP contribution in [0.4, 0.5) is 5.69 Å². The molecular weight excluding hydrogens is 446 g/mol. The van der Waals surface area contributed by atoms with E-state index in [0.29, 0.717) is 40.7 Å². The quantitative estimate of drug-likeness (QED) is 0.241. The second kappa shape index (κ2) is 11.5. The molecule has 0 radical (unpaired) electrons. The molecule has 166 valence electrons. The Kier molecular flexibility index (Phi) is 8.41. The number of amides is 2. The molecule has 2 aromatic carbocycles. The van der Waals surface area contributed by atoms with Crippen LogP contribution < -0.4 is 15.5 Å². The second-order valence-corrected chi connectivity index (χ2v) is 8.49. The summed E-state index contributed by atoms with van der Waals surface area (Å²) in [5.41, 5.74) is 5.74. The molecular formula is C24H24ClN3O3S. The average molecular weight is 470 g/mol. The third-order valence-electron chi connectivity index (χ3n) is 4.60. The van der Waals surface area contributed by atoms with Gasteiger partial charge in [0.25, 0.3) is 5.91 Å². The number of hydrazone groups is 1. The van der Waals surface area contributed by atoms with Crippen molar-refractivity contribution < 1.29 is 14.3 Å². The average Bonchev–Trinajstić information content (AvgIpc) is 3.32. The Balaban J connectivity index is 1.42. The van der Waals surface area contributed by atoms with Crippen LogP contribution in [0.15, 0.2) is 65.1 Å². The molecule has 0 unspecified atom stereocenters. The highest BCUT2D eigenvalue weighted by atomic mass is 35.5. The Labute approximate surface area is 196 Å². The molecule has 3 rings (SSSR count). The summed E-state index contributed by atoms with van der Waals surface area (Å²) in [5.74, 6) is 0.444. The number of ether oxygens (including phenoxy) is 1. The molecule has 6 nitrogen and oxygen atoms in total. The number of aryl methyl sites for hydroxylation is 1. The van der Waals surface area contributed by atoms with Crippen LogP contribution in [0.2, 0.25) is 5.02 Å². The maximum absolute atomic E-state index is 12.1. The lowest BCUT2D eigenvalue weighted by atomic mass is 10.1. The fraction of sp³-hybridized carbons (Fsp3) is 0.208. The number of hydrogen-bond acceptors (Lipinski definition) is 5. The van der Waals surface area contributed by atoms with Crippen LogP contribution in [-0.2, 0) is 4.79 Å². The third kappa shape index (κ3) is 6.93. The Bertz CT molecular complexity index is 1100. The van der Waals surface area contributed by atoms with E-state index in [1.807, 2.05) is 49.6 Å². The molecule has 2 N–H and O–H groups in total. The lowest BCUT2D eigenvalue weighted by molar-refractivity contribution is -0.121. The molecule has 0 aliphatic carbocycles. The van der Waals surface area contributed by atoms with Gasteiger partial charge in [0.15, 0.2) is 0 Å². The Morgan fingerprint density at radius 2 is 1.91 bits per heavy atom. The van der Waals surface area contributed by atoms with Crippen molar-refractivity contribution in [3.8, 4) is 5.75 Å². The largest absolute Gasteiger partial charge is 0.493 e. The number of carbonyl (C=O) groups excluding carboxylic acids is 2. The molecule has 0 aliphatic rings. The maximum atomic E-state index is 12.1. The smallest absolute Gasteiger partial charge is 0.265 e. The first-order valence-electron chi connectivity index (χ1n) is 10.1.